The number of hydrogen-bond acceptors (Lipinski definition) is 3. The third kappa shape index (κ3) is 6.62. The molecule has 0 saturated heterocycles. The van der Waals surface area contributed by atoms with Crippen molar-refractivity contribution in [3.8, 4) is 0 Å². The third-order valence-electron chi connectivity index (χ3n) is 4.26. The molecular weight excluding hydrogens is 467 g/mol. The van der Waals surface area contributed by atoms with Crippen LogP contribution >= 0.6 is 35.3 Å². The van der Waals surface area contributed by atoms with Crippen molar-refractivity contribution in [2.24, 2.45) is 10.7 Å². The topological polar surface area (TPSA) is 63.3 Å². The van der Waals surface area contributed by atoms with Crippen LogP contribution in [0.4, 0.5) is 5.69 Å². The lowest BCUT2D eigenvalue weighted by Gasteiger charge is -2.07. The number of benzene rings is 2. The molecule has 0 fully saturated rings. The molecular formula is C21H25IN4S. The van der Waals surface area contributed by atoms with E-state index in [0.29, 0.717) is 12.5 Å². The van der Waals surface area contributed by atoms with Gasteiger partial charge in [0.05, 0.1) is 17.2 Å². The molecule has 0 spiro atoms. The van der Waals surface area contributed by atoms with Gasteiger partial charge < -0.3 is 11.1 Å². The minimum Gasteiger partial charge on any atom is -0.370 e. The number of nitrogens with one attached hydrogen (secondary N) is 1. The highest BCUT2D eigenvalue weighted by Gasteiger charge is 2.03. The largest absolute Gasteiger partial charge is 0.370 e. The summed E-state index contributed by atoms with van der Waals surface area (Å²) in [6, 6.07) is 16.6. The van der Waals surface area contributed by atoms with E-state index in [2.05, 4.69) is 70.9 Å². The maximum atomic E-state index is 6.00. The molecule has 0 atom stereocenters. The summed E-state index contributed by atoms with van der Waals surface area (Å²) < 4.78 is 0. The summed E-state index contributed by atoms with van der Waals surface area (Å²) in [4.78, 5) is 9.06. The van der Waals surface area contributed by atoms with Crippen LogP contribution in [-0.4, -0.2) is 10.9 Å². The number of hydrogen-bond donors (Lipinski definition) is 2. The Morgan fingerprint density at radius 1 is 1.07 bits per heavy atom. The average molecular weight is 492 g/mol. The van der Waals surface area contributed by atoms with Gasteiger partial charge in [-0.15, -0.1) is 35.3 Å². The first-order valence-corrected chi connectivity index (χ1v) is 9.59. The molecule has 1 heterocycles. The fourth-order valence-electron chi connectivity index (χ4n) is 2.61. The van der Waals surface area contributed by atoms with Gasteiger partial charge >= 0.3 is 0 Å². The van der Waals surface area contributed by atoms with Crippen LogP contribution in [0.3, 0.4) is 0 Å². The van der Waals surface area contributed by atoms with Gasteiger partial charge in [-0.25, -0.2) is 9.98 Å². The lowest BCUT2D eigenvalue weighted by atomic mass is 10.1. The number of aryl methyl sites for hydroxylation is 4. The number of anilines is 1. The maximum Gasteiger partial charge on any atom is 0.193 e. The van der Waals surface area contributed by atoms with Crippen LogP contribution in [0.2, 0.25) is 0 Å². The molecule has 0 unspecified atom stereocenters. The predicted molar refractivity (Wildman–Crippen MR) is 126 cm³/mol. The van der Waals surface area contributed by atoms with Crippen LogP contribution in [0.25, 0.3) is 0 Å². The molecule has 0 aliphatic carbocycles. The third-order valence-corrected chi connectivity index (χ3v) is 5.22. The van der Waals surface area contributed by atoms with Gasteiger partial charge in [-0.3, -0.25) is 0 Å². The molecule has 0 bridgehead atoms. The average Bonchev–Trinajstić information content (AvgIpc) is 3.10. The molecule has 0 saturated carbocycles. The fourth-order valence-corrected chi connectivity index (χ4v) is 3.39. The lowest BCUT2D eigenvalue weighted by molar-refractivity contribution is 0.913. The van der Waals surface area contributed by atoms with Crippen LogP contribution in [-0.2, 0) is 19.4 Å². The van der Waals surface area contributed by atoms with Gasteiger partial charge in [0.15, 0.2) is 5.96 Å². The van der Waals surface area contributed by atoms with Crippen molar-refractivity contribution in [1.29, 1.82) is 0 Å². The summed E-state index contributed by atoms with van der Waals surface area (Å²) >= 11 is 1.69. The van der Waals surface area contributed by atoms with Crippen LogP contribution < -0.4 is 11.1 Å². The molecule has 6 heteroatoms. The quantitative estimate of drug-likeness (QED) is 0.286. The van der Waals surface area contributed by atoms with Gasteiger partial charge in [-0.1, -0.05) is 36.4 Å². The van der Waals surface area contributed by atoms with E-state index < -0.39 is 0 Å². The highest BCUT2D eigenvalue weighted by atomic mass is 127. The minimum atomic E-state index is 0. The zero-order valence-electron chi connectivity index (χ0n) is 15.6. The molecule has 1 aromatic heterocycles. The van der Waals surface area contributed by atoms with Crippen molar-refractivity contribution in [3.05, 3.63) is 81.3 Å². The second-order valence-electron chi connectivity index (χ2n) is 6.34. The summed E-state index contributed by atoms with van der Waals surface area (Å²) in [7, 11) is 0. The van der Waals surface area contributed by atoms with Crippen molar-refractivity contribution in [1.82, 2.24) is 4.98 Å². The van der Waals surface area contributed by atoms with E-state index in [-0.39, 0.29) is 24.0 Å². The van der Waals surface area contributed by atoms with Gasteiger partial charge in [0.1, 0.15) is 0 Å². The highest BCUT2D eigenvalue weighted by Crippen LogP contribution is 2.15. The van der Waals surface area contributed by atoms with Crippen LogP contribution in [0.1, 0.15) is 27.4 Å². The first-order chi connectivity index (χ1) is 12.6. The molecule has 4 nitrogen and oxygen atoms in total. The normalized spacial score (nSPS) is 11.1. The number of nitrogens with zero attached hydrogens (tertiary/aromatic N) is 2. The van der Waals surface area contributed by atoms with Crippen LogP contribution in [0.15, 0.2) is 58.9 Å². The summed E-state index contributed by atoms with van der Waals surface area (Å²) in [6.45, 7) is 4.67. The molecule has 0 radical (unpaired) electrons. The number of rotatable bonds is 6. The lowest BCUT2D eigenvalue weighted by Crippen LogP contribution is -2.22. The van der Waals surface area contributed by atoms with Gasteiger partial charge in [-0.05, 0) is 49.1 Å². The maximum absolute atomic E-state index is 6.00. The standard InChI is InChI=1S/C21H24N4S.HI/c1-15-8-10-18(12-16(15)2)25-21(22)23-13-19-14-26-20(24-19)11-9-17-6-4-3-5-7-17;/h3-8,10,12,14H,9,11,13H2,1-2H3,(H3,22,23,25);1H. The SMILES string of the molecule is Cc1ccc(NC(N)=NCc2csc(CCc3ccccc3)n2)cc1C.I. The van der Waals surface area contributed by atoms with Gasteiger partial charge in [0.25, 0.3) is 0 Å². The zero-order valence-corrected chi connectivity index (χ0v) is 18.8. The van der Waals surface area contributed by atoms with Gasteiger partial charge in [0, 0.05) is 17.5 Å². The number of nitrogens with two attached hydrogens (primary N) is 1. The smallest absolute Gasteiger partial charge is 0.193 e. The molecule has 142 valence electrons. The molecule has 0 aliphatic heterocycles. The second kappa shape index (κ2) is 10.4. The predicted octanol–water partition coefficient (Wildman–Crippen LogP) is 5.09. The van der Waals surface area contributed by atoms with E-state index in [4.69, 9.17) is 5.73 Å². The first-order valence-electron chi connectivity index (χ1n) is 8.71. The monoisotopic (exact) mass is 492 g/mol. The molecule has 3 N–H and O–H groups in total. The van der Waals surface area contributed by atoms with Gasteiger partial charge in [-0.2, -0.15) is 0 Å². The van der Waals surface area contributed by atoms with Crippen molar-refractivity contribution in [2.45, 2.75) is 33.2 Å². The van der Waals surface area contributed by atoms with Crippen LogP contribution in [0, 0.1) is 13.8 Å². The van der Waals surface area contributed by atoms with Crippen LogP contribution in [0.5, 0.6) is 0 Å². The van der Waals surface area contributed by atoms with Gasteiger partial charge in [0.2, 0.25) is 0 Å². The van der Waals surface area contributed by atoms with Crippen molar-refractivity contribution >= 4 is 47.0 Å². The number of guanidine groups is 1. The molecule has 3 rings (SSSR count). The number of thiazole rings is 1. The molecule has 2 aromatic carbocycles. The van der Waals surface area contributed by atoms with E-state index in [1.165, 1.54) is 16.7 Å². The van der Waals surface area contributed by atoms with E-state index in [9.17, 15) is 0 Å². The summed E-state index contributed by atoms with van der Waals surface area (Å²) in [5, 5.41) is 6.34. The fraction of sp³-hybridized carbons (Fsp3) is 0.238. The number of aliphatic imine (C=N–C) groups is 1. The number of halogens is 1. The van der Waals surface area contributed by atoms with Crippen molar-refractivity contribution < 1.29 is 0 Å². The van der Waals surface area contributed by atoms with Crippen molar-refractivity contribution in [3.63, 3.8) is 0 Å². The molecule has 0 amide bonds. The Balaban J connectivity index is 0.00000261. The summed E-state index contributed by atoms with van der Waals surface area (Å²) in [5.41, 5.74) is 11.7. The van der Waals surface area contributed by atoms with Crippen molar-refractivity contribution in [2.75, 3.05) is 5.32 Å². The Labute approximate surface area is 182 Å². The Morgan fingerprint density at radius 3 is 2.59 bits per heavy atom. The zero-order chi connectivity index (χ0) is 18.4. The molecule has 27 heavy (non-hydrogen) atoms. The first kappa shape index (κ1) is 21.4. The highest BCUT2D eigenvalue weighted by molar-refractivity contribution is 14.0. The molecule has 0 aliphatic rings. The number of aromatic nitrogens is 1. The molecule has 3 aromatic rings. The summed E-state index contributed by atoms with van der Waals surface area (Å²) in [6.07, 6.45) is 1.96. The Morgan fingerprint density at radius 2 is 1.85 bits per heavy atom. The Kier molecular flexibility index (Phi) is 8.24. The second-order valence-corrected chi connectivity index (χ2v) is 7.29. The van der Waals surface area contributed by atoms with E-state index in [1.807, 2.05) is 12.1 Å². The summed E-state index contributed by atoms with van der Waals surface area (Å²) in [5.74, 6) is 0.409. The Bertz CT molecular complexity index is 890. The Hall–Kier alpha value is -1.93. The van der Waals surface area contributed by atoms with E-state index in [0.717, 1.165) is 29.2 Å². The van der Waals surface area contributed by atoms with E-state index in [1.54, 1.807) is 11.3 Å². The minimum absolute atomic E-state index is 0. The van der Waals surface area contributed by atoms with E-state index >= 15 is 0 Å².